The molecule has 1 nitrogen and oxygen atoms in total. The van der Waals surface area contributed by atoms with Crippen molar-refractivity contribution in [2.24, 2.45) is 0 Å². The minimum atomic E-state index is -0.0489. The molecule has 88 valence electrons. The molecule has 0 N–H and O–H groups in total. The van der Waals surface area contributed by atoms with Crippen molar-refractivity contribution >= 4 is 22.9 Å². The van der Waals surface area contributed by atoms with Gasteiger partial charge in [-0.2, -0.15) is 11.3 Å². The first kappa shape index (κ1) is 11.1. The highest BCUT2D eigenvalue weighted by Crippen LogP contribution is 2.36. The maximum atomic E-state index is 6.55. The molecule has 0 fully saturated rings. The standard InChI is InChI=1S/C14H13ClOS/c1-9-7-17-8-12(9)14(15)11-2-3-13-10(6-11)4-5-16-13/h2-3,6-8,14H,4-5H2,1H3. The van der Waals surface area contributed by atoms with Crippen molar-refractivity contribution in [3.63, 3.8) is 0 Å². The van der Waals surface area contributed by atoms with Gasteiger partial charge in [-0.05, 0) is 46.0 Å². The third-order valence-electron chi connectivity index (χ3n) is 3.17. The topological polar surface area (TPSA) is 9.23 Å². The van der Waals surface area contributed by atoms with E-state index in [0.29, 0.717) is 0 Å². The van der Waals surface area contributed by atoms with E-state index in [1.54, 1.807) is 11.3 Å². The van der Waals surface area contributed by atoms with Crippen LogP contribution in [0.3, 0.4) is 0 Å². The molecular formula is C14H13ClOS. The molecule has 2 heterocycles. The van der Waals surface area contributed by atoms with Crippen LogP contribution in [0.25, 0.3) is 0 Å². The molecule has 0 radical (unpaired) electrons. The third-order valence-corrected chi connectivity index (χ3v) is 4.54. The van der Waals surface area contributed by atoms with Gasteiger partial charge in [0.2, 0.25) is 0 Å². The normalized spacial score (nSPS) is 15.4. The molecule has 2 aromatic rings. The van der Waals surface area contributed by atoms with Crippen molar-refractivity contribution in [3.8, 4) is 5.75 Å². The Morgan fingerprint density at radius 2 is 2.24 bits per heavy atom. The van der Waals surface area contributed by atoms with Crippen molar-refractivity contribution in [1.29, 1.82) is 0 Å². The van der Waals surface area contributed by atoms with E-state index in [2.05, 4.69) is 29.8 Å². The highest BCUT2D eigenvalue weighted by atomic mass is 35.5. The fourth-order valence-corrected chi connectivity index (χ4v) is 3.50. The minimum absolute atomic E-state index is 0.0489. The van der Waals surface area contributed by atoms with Crippen molar-refractivity contribution in [2.45, 2.75) is 18.7 Å². The van der Waals surface area contributed by atoms with Gasteiger partial charge >= 0.3 is 0 Å². The van der Waals surface area contributed by atoms with E-state index in [-0.39, 0.29) is 5.38 Å². The van der Waals surface area contributed by atoms with E-state index >= 15 is 0 Å². The number of fused-ring (bicyclic) bond motifs is 1. The van der Waals surface area contributed by atoms with E-state index in [1.807, 2.05) is 6.07 Å². The Morgan fingerprint density at radius 3 is 3.00 bits per heavy atom. The van der Waals surface area contributed by atoms with Crippen molar-refractivity contribution < 1.29 is 4.74 Å². The second-order valence-electron chi connectivity index (χ2n) is 4.34. The average Bonchev–Trinajstić information content (AvgIpc) is 2.95. The Kier molecular flexibility index (Phi) is 2.85. The fourth-order valence-electron chi connectivity index (χ4n) is 2.17. The second-order valence-corrected chi connectivity index (χ2v) is 5.52. The maximum absolute atomic E-state index is 6.55. The van der Waals surface area contributed by atoms with Crippen molar-refractivity contribution in [3.05, 3.63) is 51.2 Å². The third kappa shape index (κ3) is 1.96. The van der Waals surface area contributed by atoms with E-state index in [0.717, 1.165) is 24.3 Å². The lowest BCUT2D eigenvalue weighted by Gasteiger charge is -2.11. The molecule has 0 amide bonds. The first-order valence-electron chi connectivity index (χ1n) is 5.68. The second kappa shape index (κ2) is 4.35. The minimum Gasteiger partial charge on any atom is -0.493 e. The monoisotopic (exact) mass is 264 g/mol. The number of rotatable bonds is 2. The lowest BCUT2D eigenvalue weighted by atomic mass is 10.0. The van der Waals surface area contributed by atoms with Crippen molar-refractivity contribution in [1.82, 2.24) is 0 Å². The zero-order valence-electron chi connectivity index (χ0n) is 9.57. The first-order valence-corrected chi connectivity index (χ1v) is 7.06. The Labute approximate surface area is 110 Å². The number of halogens is 1. The van der Waals surface area contributed by atoms with Gasteiger partial charge in [-0.15, -0.1) is 11.6 Å². The van der Waals surface area contributed by atoms with Crippen LogP contribution in [0.1, 0.15) is 27.6 Å². The molecule has 0 spiro atoms. The van der Waals surface area contributed by atoms with Crippen LogP contribution in [0.15, 0.2) is 29.0 Å². The predicted octanol–water partition coefficient (Wildman–Crippen LogP) is 4.32. The van der Waals surface area contributed by atoms with Crippen LogP contribution in [0.5, 0.6) is 5.75 Å². The van der Waals surface area contributed by atoms with Gasteiger partial charge in [0.05, 0.1) is 12.0 Å². The quantitative estimate of drug-likeness (QED) is 0.734. The molecule has 1 aliphatic heterocycles. The van der Waals surface area contributed by atoms with Gasteiger partial charge in [0.1, 0.15) is 5.75 Å². The molecule has 0 bridgehead atoms. The van der Waals surface area contributed by atoms with Crippen LogP contribution in [-0.4, -0.2) is 6.61 Å². The lowest BCUT2D eigenvalue weighted by molar-refractivity contribution is 0.357. The summed E-state index contributed by atoms with van der Waals surface area (Å²) in [7, 11) is 0. The number of alkyl halides is 1. The summed E-state index contributed by atoms with van der Waals surface area (Å²) < 4.78 is 5.51. The molecule has 0 saturated carbocycles. The Bertz CT molecular complexity index is 547. The summed E-state index contributed by atoms with van der Waals surface area (Å²) in [5, 5.41) is 4.23. The molecule has 3 heteroatoms. The zero-order chi connectivity index (χ0) is 11.8. The molecule has 1 unspecified atom stereocenters. The predicted molar refractivity (Wildman–Crippen MR) is 72.4 cm³/mol. The van der Waals surface area contributed by atoms with E-state index in [9.17, 15) is 0 Å². The van der Waals surface area contributed by atoms with Crippen LogP contribution >= 0.6 is 22.9 Å². The molecule has 1 atom stereocenters. The van der Waals surface area contributed by atoms with Gasteiger partial charge in [0, 0.05) is 6.42 Å². The largest absolute Gasteiger partial charge is 0.493 e. The molecule has 0 aliphatic carbocycles. The number of ether oxygens (including phenoxy) is 1. The first-order chi connectivity index (χ1) is 8.25. The van der Waals surface area contributed by atoms with Gasteiger partial charge in [-0.25, -0.2) is 0 Å². The SMILES string of the molecule is Cc1cscc1C(Cl)c1ccc2c(c1)CCO2. The highest BCUT2D eigenvalue weighted by molar-refractivity contribution is 7.08. The summed E-state index contributed by atoms with van der Waals surface area (Å²) in [5.74, 6) is 1.01. The Morgan fingerprint density at radius 1 is 1.35 bits per heavy atom. The number of benzene rings is 1. The van der Waals surface area contributed by atoms with Crippen molar-refractivity contribution in [2.75, 3.05) is 6.61 Å². The Hall–Kier alpha value is -0.990. The maximum Gasteiger partial charge on any atom is 0.122 e. The van der Waals surface area contributed by atoms with Crippen LogP contribution < -0.4 is 4.74 Å². The molecular weight excluding hydrogens is 252 g/mol. The fraction of sp³-hybridized carbons (Fsp3) is 0.286. The summed E-state index contributed by atoms with van der Waals surface area (Å²) in [6.45, 7) is 2.90. The Balaban J connectivity index is 1.97. The summed E-state index contributed by atoms with van der Waals surface area (Å²) in [6.07, 6.45) is 0.995. The van der Waals surface area contributed by atoms with Gasteiger partial charge < -0.3 is 4.74 Å². The molecule has 1 aliphatic rings. The van der Waals surface area contributed by atoms with Gasteiger partial charge in [0.15, 0.2) is 0 Å². The van der Waals surface area contributed by atoms with E-state index in [4.69, 9.17) is 16.3 Å². The summed E-state index contributed by atoms with van der Waals surface area (Å²) in [6, 6.07) is 6.28. The molecule has 17 heavy (non-hydrogen) atoms. The van der Waals surface area contributed by atoms with Crippen LogP contribution in [0, 0.1) is 6.92 Å². The average molecular weight is 265 g/mol. The van der Waals surface area contributed by atoms with Crippen LogP contribution in [0.4, 0.5) is 0 Å². The van der Waals surface area contributed by atoms with Crippen LogP contribution in [0.2, 0.25) is 0 Å². The molecule has 1 aromatic carbocycles. The summed E-state index contributed by atoms with van der Waals surface area (Å²) >= 11 is 8.25. The highest BCUT2D eigenvalue weighted by Gasteiger charge is 2.18. The van der Waals surface area contributed by atoms with E-state index < -0.39 is 0 Å². The van der Waals surface area contributed by atoms with Gasteiger partial charge in [-0.1, -0.05) is 12.1 Å². The molecule has 3 rings (SSSR count). The van der Waals surface area contributed by atoms with E-state index in [1.165, 1.54) is 16.7 Å². The molecule has 0 saturated heterocycles. The van der Waals surface area contributed by atoms with Crippen LogP contribution in [-0.2, 0) is 6.42 Å². The zero-order valence-corrected chi connectivity index (χ0v) is 11.1. The molecule has 1 aromatic heterocycles. The smallest absolute Gasteiger partial charge is 0.122 e. The number of hydrogen-bond donors (Lipinski definition) is 0. The van der Waals surface area contributed by atoms with Gasteiger partial charge in [-0.3, -0.25) is 0 Å². The lowest BCUT2D eigenvalue weighted by Crippen LogP contribution is -1.94. The number of thiophene rings is 1. The summed E-state index contributed by atoms with van der Waals surface area (Å²) in [5.41, 5.74) is 4.93. The van der Waals surface area contributed by atoms with Gasteiger partial charge in [0.25, 0.3) is 0 Å². The number of aryl methyl sites for hydroxylation is 1. The number of hydrogen-bond acceptors (Lipinski definition) is 2. The summed E-state index contributed by atoms with van der Waals surface area (Å²) in [4.78, 5) is 0.